The summed E-state index contributed by atoms with van der Waals surface area (Å²) in [6.45, 7) is 5.29. The second-order valence-corrected chi connectivity index (χ2v) is 5.12. The van der Waals surface area contributed by atoms with Crippen LogP contribution in [0.3, 0.4) is 0 Å². The molecule has 0 unspecified atom stereocenters. The summed E-state index contributed by atoms with van der Waals surface area (Å²) in [4.78, 5) is 14.4. The lowest BCUT2D eigenvalue weighted by atomic mass is 9.90. The van der Waals surface area contributed by atoms with E-state index in [0.717, 1.165) is 6.42 Å². The normalized spacial score (nSPS) is 11.3. The van der Waals surface area contributed by atoms with Crippen molar-refractivity contribution in [2.75, 3.05) is 31.3 Å². The number of nitrogen functional groups attached to an aromatic ring is 1. The summed E-state index contributed by atoms with van der Waals surface area (Å²) in [5.41, 5.74) is 5.42. The SMILES string of the molecule is COCCC(C)(C)CNc1nc(N)ccc1[N+](=O)[O-]. The van der Waals surface area contributed by atoms with Crippen molar-refractivity contribution in [3.8, 4) is 0 Å². The minimum absolute atomic E-state index is 0.0594. The smallest absolute Gasteiger partial charge is 0.311 e. The van der Waals surface area contributed by atoms with Gasteiger partial charge in [0.2, 0.25) is 5.82 Å². The molecule has 0 atom stereocenters. The lowest BCUT2D eigenvalue weighted by Gasteiger charge is -2.24. The number of aromatic nitrogens is 1. The molecule has 1 rings (SSSR count). The fourth-order valence-electron chi connectivity index (χ4n) is 1.53. The average Bonchev–Trinajstić information content (AvgIpc) is 2.34. The molecule has 0 aromatic carbocycles. The minimum atomic E-state index is -0.475. The largest absolute Gasteiger partial charge is 0.385 e. The van der Waals surface area contributed by atoms with Gasteiger partial charge in [-0.2, -0.15) is 0 Å². The number of nitro groups is 1. The van der Waals surface area contributed by atoms with Gasteiger partial charge >= 0.3 is 5.69 Å². The number of ether oxygens (including phenoxy) is 1. The number of anilines is 2. The van der Waals surface area contributed by atoms with Crippen LogP contribution in [0.25, 0.3) is 0 Å². The number of hydrogen-bond donors (Lipinski definition) is 2. The van der Waals surface area contributed by atoms with Crippen LogP contribution in [0, 0.1) is 15.5 Å². The lowest BCUT2D eigenvalue weighted by molar-refractivity contribution is -0.384. The maximum atomic E-state index is 10.9. The molecule has 0 aliphatic heterocycles. The molecule has 7 heteroatoms. The maximum Gasteiger partial charge on any atom is 0.311 e. The Morgan fingerprint density at radius 3 is 2.79 bits per heavy atom. The van der Waals surface area contributed by atoms with Crippen LogP contribution in [0.4, 0.5) is 17.3 Å². The highest BCUT2D eigenvalue weighted by Gasteiger charge is 2.21. The van der Waals surface area contributed by atoms with Gasteiger partial charge in [0.05, 0.1) is 4.92 Å². The molecule has 0 saturated carbocycles. The Morgan fingerprint density at radius 2 is 2.21 bits per heavy atom. The Hall–Kier alpha value is -1.89. The molecule has 7 nitrogen and oxygen atoms in total. The molecule has 0 bridgehead atoms. The van der Waals surface area contributed by atoms with Gasteiger partial charge in [0.25, 0.3) is 0 Å². The number of nitrogens with zero attached hydrogens (tertiary/aromatic N) is 2. The van der Waals surface area contributed by atoms with Crippen molar-refractivity contribution in [2.24, 2.45) is 5.41 Å². The van der Waals surface area contributed by atoms with Crippen LogP contribution in [0.1, 0.15) is 20.3 Å². The molecule has 1 heterocycles. The van der Waals surface area contributed by atoms with Crippen molar-refractivity contribution in [3.05, 3.63) is 22.2 Å². The molecule has 0 radical (unpaired) electrons. The van der Waals surface area contributed by atoms with Crippen LogP contribution in [-0.2, 0) is 4.74 Å². The van der Waals surface area contributed by atoms with Gasteiger partial charge in [-0.1, -0.05) is 13.8 Å². The van der Waals surface area contributed by atoms with E-state index in [2.05, 4.69) is 24.1 Å². The third-order valence-corrected chi connectivity index (χ3v) is 2.81. The van der Waals surface area contributed by atoms with Crippen molar-refractivity contribution in [2.45, 2.75) is 20.3 Å². The van der Waals surface area contributed by atoms with Crippen molar-refractivity contribution in [1.82, 2.24) is 4.98 Å². The van der Waals surface area contributed by atoms with E-state index in [1.165, 1.54) is 12.1 Å². The zero-order valence-electron chi connectivity index (χ0n) is 11.5. The maximum absolute atomic E-state index is 10.9. The molecule has 0 spiro atoms. The van der Waals surface area contributed by atoms with Gasteiger partial charge in [0, 0.05) is 26.3 Å². The van der Waals surface area contributed by atoms with Crippen LogP contribution in [0.15, 0.2) is 12.1 Å². The van der Waals surface area contributed by atoms with E-state index in [-0.39, 0.29) is 22.7 Å². The van der Waals surface area contributed by atoms with Gasteiger partial charge in [-0.3, -0.25) is 10.1 Å². The predicted octanol–water partition coefficient (Wildman–Crippen LogP) is 2.05. The summed E-state index contributed by atoms with van der Waals surface area (Å²) in [6, 6.07) is 2.77. The van der Waals surface area contributed by atoms with Crippen LogP contribution in [-0.4, -0.2) is 30.2 Å². The quantitative estimate of drug-likeness (QED) is 0.579. The highest BCUT2D eigenvalue weighted by atomic mass is 16.6. The fourth-order valence-corrected chi connectivity index (χ4v) is 1.53. The second kappa shape index (κ2) is 6.33. The first-order valence-corrected chi connectivity index (χ1v) is 5.99. The van der Waals surface area contributed by atoms with Crippen molar-refractivity contribution < 1.29 is 9.66 Å². The minimum Gasteiger partial charge on any atom is -0.385 e. The van der Waals surface area contributed by atoms with Crippen LogP contribution in [0.2, 0.25) is 0 Å². The molecule has 0 amide bonds. The van der Waals surface area contributed by atoms with E-state index in [9.17, 15) is 10.1 Å². The Balaban J connectivity index is 2.76. The van der Waals surface area contributed by atoms with E-state index in [1.54, 1.807) is 7.11 Å². The molecule has 19 heavy (non-hydrogen) atoms. The third-order valence-electron chi connectivity index (χ3n) is 2.81. The standard InChI is InChI=1S/C12H20N4O3/c1-12(2,6-7-19-3)8-14-11-9(16(17)18)4-5-10(13)15-11/h4-5H,6-8H2,1-3H3,(H3,13,14,15). The fraction of sp³-hybridized carbons (Fsp3) is 0.583. The number of pyridine rings is 1. The highest BCUT2D eigenvalue weighted by molar-refractivity contribution is 5.59. The molecular weight excluding hydrogens is 248 g/mol. The number of methoxy groups -OCH3 is 1. The topological polar surface area (TPSA) is 103 Å². The average molecular weight is 268 g/mol. The number of nitrogens with two attached hydrogens (primary N) is 1. The Bertz CT molecular complexity index is 449. The zero-order valence-corrected chi connectivity index (χ0v) is 11.5. The summed E-state index contributed by atoms with van der Waals surface area (Å²) in [5.74, 6) is 0.457. The van der Waals surface area contributed by atoms with Crippen molar-refractivity contribution in [1.29, 1.82) is 0 Å². The summed E-state index contributed by atoms with van der Waals surface area (Å²) in [6.07, 6.45) is 0.840. The summed E-state index contributed by atoms with van der Waals surface area (Å²) in [7, 11) is 1.65. The van der Waals surface area contributed by atoms with E-state index >= 15 is 0 Å². The summed E-state index contributed by atoms with van der Waals surface area (Å²) >= 11 is 0. The van der Waals surface area contributed by atoms with Gasteiger partial charge in [-0.05, 0) is 17.9 Å². The molecule has 0 aliphatic carbocycles. The predicted molar refractivity (Wildman–Crippen MR) is 74.1 cm³/mol. The van der Waals surface area contributed by atoms with Gasteiger partial charge in [-0.25, -0.2) is 4.98 Å². The van der Waals surface area contributed by atoms with Gasteiger partial charge in [0.15, 0.2) is 0 Å². The first kappa shape index (κ1) is 15.2. The molecule has 106 valence electrons. The lowest BCUT2D eigenvalue weighted by Crippen LogP contribution is -2.25. The molecule has 0 fully saturated rings. The Kier molecular flexibility index (Phi) is 5.05. The first-order valence-electron chi connectivity index (χ1n) is 5.99. The van der Waals surface area contributed by atoms with E-state index in [4.69, 9.17) is 10.5 Å². The molecule has 1 aromatic rings. The number of nitrogens with one attached hydrogen (secondary N) is 1. The molecule has 0 aliphatic rings. The zero-order chi connectivity index (χ0) is 14.5. The van der Waals surface area contributed by atoms with Crippen LogP contribution in [0.5, 0.6) is 0 Å². The molecule has 1 aromatic heterocycles. The van der Waals surface area contributed by atoms with Gasteiger partial charge in [0.1, 0.15) is 5.82 Å². The number of hydrogen-bond acceptors (Lipinski definition) is 6. The Labute approximate surface area is 112 Å². The molecule has 3 N–H and O–H groups in total. The van der Waals surface area contributed by atoms with Crippen LogP contribution >= 0.6 is 0 Å². The summed E-state index contributed by atoms with van der Waals surface area (Å²) in [5, 5.41) is 13.9. The first-order chi connectivity index (χ1) is 8.85. The monoisotopic (exact) mass is 268 g/mol. The van der Waals surface area contributed by atoms with E-state index < -0.39 is 4.92 Å². The second-order valence-electron chi connectivity index (χ2n) is 5.12. The van der Waals surface area contributed by atoms with E-state index in [0.29, 0.717) is 13.2 Å². The van der Waals surface area contributed by atoms with Crippen molar-refractivity contribution >= 4 is 17.3 Å². The molecular formula is C12H20N4O3. The van der Waals surface area contributed by atoms with Crippen LogP contribution < -0.4 is 11.1 Å². The highest BCUT2D eigenvalue weighted by Crippen LogP contribution is 2.26. The Morgan fingerprint density at radius 1 is 1.53 bits per heavy atom. The van der Waals surface area contributed by atoms with Gasteiger partial charge < -0.3 is 15.8 Å². The van der Waals surface area contributed by atoms with Gasteiger partial charge in [-0.15, -0.1) is 0 Å². The number of rotatable bonds is 7. The van der Waals surface area contributed by atoms with E-state index in [1.807, 2.05) is 0 Å². The molecule has 0 saturated heterocycles. The third kappa shape index (κ3) is 4.70. The summed E-state index contributed by atoms with van der Waals surface area (Å²) < 4.78 is 5.04. The van der Waals surface area contributed by atoms with Crippen molar-refractivity contribution in [3.63, 3.8) is 0 Å².